The molecule has 9 heteroatoms. The standard InChI is InChI=1S/C8H10N2O4S3/c1-5-9-2-7(16-5)17(13,14)10-4-15-3-6(10)8(11)12/h2,6H,3-4H2,1H3,(H,11,12). The highest BCUT2D eigenvalue weighted by atomic mass is 32.2. The van der Waals surface area contributed by atoms with Gasteiger partial charge in [-0.3, -0.25) is 4.79 Å². The third-order valence-corrected chi connectivity index (χ3v) is 6.67. The van der Waals surface area contributed by atoms with Crippen LogP contribution in [0.1, 0.15) is 5.01 Å². The zero-order valence-electron chi connectivity index (χ0n) is 8.86. The van der Waals surface area contributed by atoms with Gasteiger partial charge in [0.25, 0.3) is 10.0 Å². The smallest absolute Gasteiger partial charge is 0.322 e. The molecule has 0 saturated carbocycles. The number of sulfonamides is 1. The van der Waals surface area contributed by atoms with E-state index in [9.17, 15) is 13.2 Å². The number of aryl methyl sites for hydroxylation is 1. The maximum absolute atomic E-state index is 12.2. The lowest BCUT2D eigenvalue weighted by Crippen LogP contribution is -2.41. The summed E-state index contributed by atoms with van der Waals surface area (Å²) < 4.78 is 25.5. The summed E-state index contributed by atoms with van der Waals surface area (Å²) in [5.41, 5.74) is 0. The molecule has 0 aliphatic carbocycles. The van der Waals surface area contributed by atoms with Crippen molar-refractivity contribution in [3.8, 4) is 0 Å². The highest BCUT2D eigenvalue weighted by Gasteiger charge is 2.40. The number of hydrogen-bond acceptors (Lipinski definition) is 6. The Labute approximate surface area is 107 Å². The van der Waals surface area contributed by atoms with Gasteiger partial charge in [0.1, 0.15) is 6.04 Å². The van der Waals surface area contributed by atoms with Gasteiger partial charge in [-0.2, -0.15) is 4.31 Å². The van der Waals surface area contributed by atoms with E-state index in [-0.39, 0.29) is 15.8 Å². The Bertz CT molecular complexity index is 539. The van der Waals surface area contributed by atoms with E-state index in [1.165, 1.54) is 18.0 Å². The van der Waals surface area contributed by atoms with Crippen LogP contribution in [0, 0.1) is 6.92 Å². The van der Waals surface area contributed by atoms with Crippen LogP contribution in [0.5, 0.6) is 0 Å². The molecule has 0 amide bonds. The number of hydrogen-bond donors (Lipinski definition) is 1. The van der Waals surface area contributed by atoms with Crippen molar-refractivity contribution in [2.45, 2.75) is 17.2 Å². The Morgan fingerprint density at radius 3 is 2.88 bits per heavy atom. The minimum atomic E-state index is -3.72. The van der Waals surface area contributed by atoms with Crippen molar-refractivity contribution in [3.63, 3.8) is 0 Å². The SMILES string of the molecule is Cc1ncc(S(=O)(=O)N2CSCC2C(=O)O)s1. The molecule has 6 nitrogen and oxygen atoms in total. The zero-order valence-corrected chi connectivity index (χ0v) is 11.3. The van der Waals surface area contributed by atoms with Crippen LogP contribution in [0.15, 0.2) is 10.4 Å². The molecule has 0 aromatic carbocycles. The Hall–Kier alpha value is -0.640. The van der Waals surface area contributed by atoms with Gasteiger partial charge < -0.3 is 5.11 Å². The second-order valence-electron chi connectivity index (χ2n) is 3.44. The topological polar surface area (TPSA) is 87.6 Å². The zero-order chi connectivity index (χ0) is 12.6. The van der Waals surface area contributed by atoms with E-state index in [1.54, 1.807) is 6.92 Å². The monoisotopic (exact) mass is 294 g/mol. The maximum Gasteiger partial charge on any atom is 0.322 e. The molecule has 1 aromatic rings. The number of nitrogens with zero attached hydrogens (tertiary/aromatic N) is 2. The van der Waals surface area contributed by atoms with E-state index in [0.717, 1.165) is 15.6 Å². The van der Waals surface area contributed by atoms with Crippen LogP contribution in [-0.4, -0.2) is 46.5 Å². The molecule has 0 bridgehead atoms. The molecule has 2 rings (SSSR count). The van der Waals surface area contributed by atoms with E-state index < -0.39 is 22.0 Å². The summed E-state index contributed by atoms with van der Waals surface area (Å²) in [4.78, 5) is 14.8. The van der Waals surface area contributed by atoms with Crippen LogP contribution in [0.2, 0.25) is 0 Å². The van der Waals surface area contributed by atoms with Crippen molar-refractivity contribution in [1.82, 2.24) is 9.29 Å². The molecule has 1 saturated heterocycles. The molecule has 1 N–H and O–H groups in total. The summed E-state index contributed by atoms with van der Waals surface area (Å²) >= 11 is 2.35. The van der Waals surface area contributed by atoms with E-state index in [1.807, 2.05) is 0 Å². The average molecular weight is 294 g/mol. The Kier molecular flexibility index (Phi) is 3.43. The number of thiazole rings is 1. The van der Waals surface area contributed by atoms with Gasteiger partial charge in [0.2, 0.25) is 0 Å². The lowest BCUT2D eigenvalue weighted by atomic mass is 10.4. The Morgan fingerprint density at radius 2 is 2.35 bits per heavy atom. The molecule has 2 heterocycles. The first-order valence-electron chi connectivity index (χ1n) is 4.68. The van der Waals surface area contributed by atoms with E-state index >= 15 is 0 Å². The van der Waals surface area contributed by atoms with Crippen molar-refractivity contribution in [2.75, 3.05) is 11.6 Å². The summed E-state index contributed by atoms with van der Waals surface area (Å²) in [5, 5.41) is 9.61. The lowest BCUT2D eigenvalue weighted by molar-refractivity contribution is -0.140. The van der Waals surface area contributed by atoms with Crippen molar-refractivity contribution in [1.29, 1.82) is 0 Å². The minimum absolute atomic E-state index is 0.101. The van der Waals surface area contributed by atoms with Crippen LogP contribution < -0.4 is 0 Å². The van der Waals surface area contributed by atoms with Crippen LogP contribution in [0.25, 0.3) is 0 Å². The van der Waals surface area contributed by atoms with Crippen LogP contribution >= 0.6 is 23.1 Å². The van der Waals surface area contributed by atoms with Crippen LogP contribution in [-0.2, 0) is 14.8 Å². The van der Waals surface area contributed by atoms with Gasteiger partial charge in [-0.1, -0.05) is 0 Å². The number of aromatic nitrogens is 1. The predicted molar refractivity (Wildman–Crippen MR) is 64.6 cm³/mol. The third kappa shape index (κ3) is 2.32. The summed E-state index contributed by atoms with van der Waals surface area (Å²) in [6.45, 7) is 1.71. The number of carbonyl (C=O) groups is 1. The summed E-state index contributed by atoms with van der Waals surface area (Å²) in [7, 11) is -3.72. The number of carboxylic acids is 1. The van der Waals surface area contributed by atoms with Crippen LogP contribution in [0.3, 0.4) is 0 Å². The molecule has 1 fully saturated rings. The highest BCUT2D eigenvalue weighted by Crippen LogP contribution is 2.30. The number of rotatable bonds is 3. The van der Waals surface area contributed by atoms with Gasteiger partial charge in [-0.05, 0) is 6.92 Å². The molecule has 17 heavy (non-hydrogen) atoms. The van der Waals surface area contributed by atoms with Crippen molar-refractivity contribution in [2.24, 2.45) is 0 Å². The molecular weight excluding hydrogens is 284 g/mol. The van der Waals surface area contributed by atoms with Gasteiger partial charge >= 0.3 is 5.97 Å². The summed E-state index contributed by atoms with van der Waals surface area (Å²) in [6, 6.07) is -0.979. The second kappa shape index (κ2) is 4.56. The normalized spacial score (nSPS) is 21.8. The van der Waals surface area contributed by atoms with Gasteiger partial charge in [-0.15, -0.1) is 23.1 Å². The average Bonchev–Trinajstić information content (AvgIpc) is 2.84. The number of aliphatic carboxylic acids is 1. The fourth-order valence-corrected chi connectivity index (χ4v) is 5.81. The van der Waals surface area contributed by atoms with Gasteiger partial charge in [0, 0.05) is 5.75 Å². The highest BCUT2D eigenvalue weighted by molar-refractivity contribution is 8.01. The third-order valence-electron chi connectivity index (χ3n) is 2.29. The lowest BCUT2D eigenvalue weighted by Gasteiger charge is -2.18. The van der Waals surface area contributed by atoms with Gasteiger partial charge in [0.05, 0.1) is 17.1 Å². The first-order chi connectivity index (χ1) is 7.93. The first kappa shape index (κ1) is 12.8. The number of carboxylic acid groups (broad SMARTS) is 1. The molecule has 0 radical (unpaired) electrons. The van der Waals surface area contributed by atoms with Crippen molar-refractivity contribution >= 4 is 39.1 Å². The largest absolute Gasteiger partial charge is 0.480 e. The molecule has 1 unspecified atom stereocenters. The van der Waals surface area contributed by atoms with E-state index in [0.29, 0.717) is 5.01 Å². The predicted octanol–water partition coefficient (Wildman–Crippen LogP) is 0.600. The molecular formula is C8H10N2O4S3. The second-order valence-corrected chi connectivity index (χ2v) is 7.80. The Morgan fingerprint density at radius 1 is 1.65 bits per heavy atom. The fourth-order valence-electron chi connectivity index (χ4n) is 1.44. The molecule has 1 atom stereocenters. The van der Waals surface area contributed by atoms with E-state index in [2.05, 4.69) is 4.98 Å². The summed E-state index contributed by atoms with van der Waals surface area (Å²) in [6.07, 6.45) is 1.28. The van der Waals surface area contributed by atoms with Crippen LogP contribution in [0.4, 0.5) is 0 Å². The Balaban J connectivity index is 2.36. The number of thioether (sulfide) groups is 1. The molecule has 1 aromatic heterocycles. The van der Waals surface area contributed by atoms with Crippen molar-refractivity contribution in [3.05, 3.63) is 11.2 Å². The molecule has 0 spiro atoms. The fraction of sp³-hybridized carbons (Fsp3) is 0.500. The minimum Gasteiger partial charge on any atom is -0.480 e. The van der Waals surface area contributed by atoms with Gasteiger partial charge in [0.15, 0.2) is 4.21 Å². The molecule has 1 aliphatic rings. The summed E-state index contributed by atoms with van der Waals surface area (Å²) in [5.74, 6) is -0.650. The maximum atomic E-state index is 12.2. The molecule has 94 valence electrons. The molecule has 1 aliphatic heterocycles. The van der Waals surface area contributed by atoms with Crippen molar-refractivity contribution < 1.29 is 18.3 Å². The van der Waals surface area contributed by atoms with Gasteiger partial charge in [-0.25, -0.2) is 13.4 Å². The van der Waals surface area contributed by atoms with E-state index in [4.69, 9.17) is 5.11 Å². The first-order valence-corrected chi connectivity index (χ1v) is 8.09. The quantitative estimate of drug-likeness (QED) is 0.878.